The van der Waals surface area contributed by atoms with Crippen LogP contribution in [-0.4, -0.2) is 79.0 Å². The summed E-state index contributed by atoms with van der Waals surface area (Å²) in [5.41, 5.74) is 6.10. The Kier molecular flexibility index (Phi) is 8.28. The molecule has 1 aromatic carbocycles. The molecule has 1 aromatic rings. The quantitative estimate of drug-likeness (QED) is 0.225. The van der Waals surface area contributed by atoms with E-state index in [1.165, 1.54) is 31.7 Å². The number of aryl methyl sites for hydroxylation is 2. The molecule has 3 heterocycles. The van der Waals surface area contributed by atoms with Crippen molar-refractivity contribution in [2.45, 2.75) is 52.4 Å². The fourth-order valence-electron chi connectivity index (χ4n) is 6.39. The topological polar surface area (TPSA) is 59.8 Å². The second-order valence-electron chi connectivity index (χ2n) is 12.0. The highest BCUT2D eigenvalue weighted by Crippen LogP contribution is 2.37. The Labute approximate surface area is 263 Å². The number of fused-ring (bicyclic) bond motifs is 2. The molecule has 2 amide bonds. The van der Waals surface area contributed by atoms with Crippen LogP contribution in [0.15, 0.2) is 24.3 Å². The van der Waals surface area contributed by atoms with Crippen LogP contribution in [0.2, 0.25) is 0 Å². The Balaban J connectivity index is 0.00000302. The Morgan fingerprint density at radius 2 is 1.44 bits per heavy atom. The van der Waals surface area contributed by atoms with Crippen molar-refractivity contribution in [3.63, 3.8) is 0 Å². The number of aromatic nitrogens is 1. The van der Waals surface area contributed by atoms with Gasteiger partial charge < -0.3 is 38.7 Å². The van der Waals surface area contributed by atoms with Crippen molar-refractivity contribution in [1.82, 2.24) is 19.4 Å². The number of halogens is 1. The molecule has 3 aliphatic heterocycles. The van der Waals surface area contributed by atoms with E-state index < -0.39 is 0 Å². The van der Waals surface area contributed by atoms with Gasteiger partial charge in [0.25, 0.3) is 0 Å². The molecular weight excluding hydrogens is 645 g/mol. The summed E-state index contributed by atoms with van der Waals surface area (Å²) < 4.78 is 3.68. The summed E-state index contributed by atoms with van der Waals surface area (Å²) in [5, 5.41) is 1.25. The molecule has 7 nitrogen and oxygen atoms in total. The number of nitrogens with zero attached hydrogens (tertiary/aromatic N) is 5. The molecule has 0 atom stereocenters. The zero-order valence-corrected chi connectivity index (χ0v) is 27.2. The lowest BCUT2D eigenvalue weighted by molar-refractivity contribution is -0.133. The van der Waals surface area contributed by atoms with Gasteiger partial charge in [-0.05, 0) is 61.8 Å². The summed E-state index contributed by atoms with van der Waals surface area (Å²) >= 11 is 1.86. The molecule has 4 fully saturated rings. The van der Waals surface area contributed by atoms with E-state index in [-0.39, 0.29) is 24.0 Å². The van der Waals surface area contributed by atoms with Crippen molar-refractivity contribution in [2.75, 3.05) is 57.3 Å². The maximum atomic E-state index is 12.6. The maximum Gasteiger partial charge on any atom is 0.226 e. The van der Waals surface area contributed by atoms with E-state index >= 15 is 0 Å². The lowest BCUT2D eigenvalue weighted by Gasteiger charge is -2.36. The molecular formula is C32H40IN5O2S. The highest BCUT2D eigenvalue weighted by Gasteiger charge is 2.36. The molecule has 0 unspecified atom stereocenters. The van der Waals surface area contributed by atoms with Crippen LogP contribution in [0.1, 0.15) is 50.7 Å². The van der Waals surface area contributed by atoms with Crippen molar-refractivity contribution in [2.24, 2.45) is 11.8 Å². The number of piperazine rings is 2. The summed E-state index contributed by atoms with van der Waals surface area (Å²) in [6.45, 7) is 11.3. The highest BCUT2D eigenvalue weighted by molar-refractivity contribution is 7.21. The van der Waals surface area contributed by atoms with Gasteiger partial charge in [-0.2, -0.15) is 0 Å². The molecule has 0 radical (unpaired) electrons. The van der Waals surface area contributed by atoms with Crippen LogP contribution in [0.4, 0.5) is 5.69 Å². The number of carbonyl (C=O) groups excluding carboxylic acids is 2. The first-order chi connectivity index (χ1) is 19.5. The lowest BCUT2D eigenvalue weighted by atomic mass is 10.1. The van der Waals surface area contributed by atoms with Crippen molar-refractivity contribution in [3.8, 4) is 10.6 Å². The Bertz CT molecular complexity index is 1510. The third-order valence-electron chi connectivity index (χ3n) is 9.25. The highest BCUT2D eigenvalue weighted by atomic mass is 127. The van der Waals surface area contributed by atoms with E-state index in [9.17, 15) is 9.59 Å². The molecule has 0 aromatic heterocycles. The minimum Gasteiger partial charge on any atom is -1.00 e. The van der Waals surface area contributed by atoms with Crippen LogP contribution < -0.4 is 38.8 Å². The second-order valence-corrected chi connectivity index (χ2v) is 13.1. The van der Waals surface area contributed by atoms with Crippen LogP contribution >= 0.6 is 11.3 Å². The smallest absolute Gasteiger partial charge is 0.226 e. The molecule has 218 valence electrons. The van der Waals surface area contributed by atoms with E-state index in [0.717, 1.165) is 102 Å². The predicted octanol–water partition coefficient (Wildman–Crippen LogP) is 0.613. The predicted molar refractivity (Wildman–Crippen MR) is 161 cm³/mol. The standard InChI is InChI=1S/C32H40N5O2S.HI/c1-3-21-17-25(34-9-13-36(14-10-34)31(38)23-5-6-23)19-27-29(21)33-30-22(4-2)18-26(20-28(30)40-27)35-11-15-37(16-12-35)32(39)24-7-8-24;/h17-20,23-24H,3-16H2,1-2H3;1H/q+1;/p-1. The SMILES string of the molecule is CCc1cc(=[N+]2CCN(C(=O)C3CC3)CC2)cc2sc3cc(N4CCN(C(=O)C5CC5)CC4)cc(CC)c3nc1-2.[I-]. The number of amides is 2. The van der Waals surface area contributed by atoms with Gasteiger partial charge >= 0.3 is 0 Å². The average molecular weight is 686 g/mol. The van der Waals surface area contributed by atoms with E-state index in [1.54, 1.807) is 0 Å². The molecule has 3 aliphatic carbocycles. The molecule has 0 spiro atoms. The summed E-state index contributed by atoms with van der Waals surface area (Å²) in [7, 11) is 0. The van der Waals surface area contributed by atoms with Crippen LogP contribution in [0.5, 0.6) is 0 Å². The molecule has 2 saturated heterocycles. The van der Waals surface area contributed by atoms with Gasteiger partial charge in [-0.15, -0.1) is 11.3 Å². The zero-order chi connectivity index (χ0) is 27.4. The van der Waals surface area contributed by atoms with E-state index in [1.807, 2.05) is 11.3 Å². The van der Waals surface area contributed by atoms with Crippen LogP contribution in [0, 0.1) is 11.8 Å². The van der Waals surface area contributed by atoms with Gasteiger partial charge in [-0.25, -0.2) is 9.56 Å². The Hall–Kier alpha value is -2.27. The average Bonchev–Trinajstić information content (AvgIpc) is 3.92. The van der Waals surface area contributed by atoms with Crippen molar-refractivity contribution in [1.29, 1.82) is 0 Å². The summed E-state index contributed by atoms with van der Waals surface area (Å²) in [6, 6.07) is 9.30. The lowest BCUT2D eigenvalue weighted by Crippen LogP contribution is -3.00. The minimum atomic E-state index is 0. The van der Waals surface area contributed by atoms with Gasteiger partial charge in [0.15, 0.2) is 13.1 Å². The fraction of sp³-hybridized carbons (Fsp3) is 0.562. The molecule has 7 rings (SSSR count). The first-order valence-electron chi connectivity index (χ1n) is 15.3. The molecule has 9 heteroatoms. The monoisotopic (exact) mass is 685 g/mol. The van der Waals surface area contributed by atoms with E-state index in [2.05, 4.69) is 57.4 Å². The molecule has 6 aliphatic rings. The van der Waals surface area contributed by atoms with Gasteiger partial charge in [0, 0.05) is 55.8 Å². The summed E-state index contributed by atoms with van der Waals surface area (Å²) in [4.78, 5) is 38.2. The van der Waals surface area contributed by atoms with E-state index in [0.29, 0.717) is 23.7 Å². The van der Waals surface area contributed by atoms with E-state index in [4.69, 9.17) is 4.98 Å². The second kappa shape index (κ2) is 11.8. The number of benzene rings is 2. The number of rotatable bonds is 5. The van der Waals surface area contributed by atoms with Crippen molar-refractivity contribution in [3.05, 3.63) is 40.7 Å². The number of carbonyl (C=O) groups is 2. The summed E-state index contributed by atoms with van der Waals surface area (Å²) in [6.07, 6.45) is 6.18. The van der Waals surface area contributed by atoms with Crippen molar-refractivity contribution >= 4 is 39.1 Å². The molecule has 0 bridgehead atoms. The Morgan fingerprint density at radius 3 is 2.02 bits per heavy atom. The van der Waals surface area contributed by atoms with Gasteiger partial charge in [0.2, 0.25) is 17.2 Å². The molecule has 41 heavy (non-hydrogen) atoms. The van der Waals surface area contributed by atoms with Gasteiger partial charge in [-0.1, -0.05) is 13.8 Å². The normalized spacial score (nSPS) is 19.6. The third-order valence-corrected chi connectivity index (χ3v) is 10.3. The van der Waals surface area contributed by atoms with Crippen molar-refractivity contribution < 1.29 is 33.6 Å². The van der Waals surface area contributed by atoms with Crippen LogP contribution in [0.3, 0.4) is 0 Å². The number of hydrogen-bond acceptors (Lipinski definition) is 5. The molecule has 0 N–H and O–H groups in total. The Morgan fingerprint density at radius 1 is 0.829 bits per heavy atom. The first kappa shape index (κ1) is 28.8. The van der Waals surface area contributed by atoms with Crippen LogP contribution in [0.25, 0.3) is 20.8 Å². The van der Waals surface area contributed by atoms with Gasteiger partial charge in [0.1, 0.15) is 0 Å². The van der Waals surface area contributed by atoms with Gasteiger partial charge in [-0.3, -0.25) is 9.59 Å². The largest absolute Gasteiger partial charge is 1.00 e. The third kappa shape index (κ3) is 5.72. The maximum absolute atomic E-state index is 12.6. The first-order valence-corrected chi connectivity index (χ1v) is 16.1. The zero-order valence-electron chi connectivity index (χ0n) is 24.2. The summed E-state index contributed by atoms with van der Waals surface area (Å²) in [5.74, 6) is 1.33. The number of hydrogen-bond donors (Lipinski definition) is 0. The van der Waals surface area contributed by atoms with Crippen LogP contribution in [-0.2, 0) is 22.4 Å². The van der Waals surface area contributed by atoms with Gasteiger partial charge in [0.05, 0.1) is 33.9 Å². The molecule has 2 saturated carbocycles. The number of anilines is 1. The minimum absolute atomic E-state index is 0. The fourth-order valence-corrected chi connectivity index (χ4v) is 7.53.